The minimum absolute atomic E-state index is 0.0517. The highest BCUT2D eigenvalue weighted by molar-refractivity contribution is 5.40. The number of hydrogen-bond acceptors (Lipinski definition) is 7. The average Bonchev–Trinajstić information content (AvgIpc) is 3.01. The van der Waals surface area contributed by atoms with Crippen LogP contribution in [0.15, 0.2) is 6.33 Å². The fraction of sp³-hybridized carbons (Fsp3) is 0.571. The molecule has 0 aromatic carbocycles. The topological polar surface area (TPSA) is 132 Å². The van der Waals surface area contributed by atoms with Gasteiger partial charge in [0.1, 0.15) is 30.1 Å². The van der Waals surface area contributed by atoms with Crippen molar-refractivity contribution in [3.05, 3.63) is 17.7 Å². The highest BCUT2D eigenvalue weighted by Gasteiger charge is 2.44. The molecule has 4 N–H and O–H groups in total. The van der Waals surface area contributed by atoms with Crippen LogP contribution in [0.1, 0.15) is 31.0 Å². The van der Waals surface area contributed by atoms with Crippen LogP contribution in [0.3, 0.4) is 0 Å². The van der Waals surface area contributed by atoms with E-state index in [1.165, 1.54) is 10.9 Å². The van der Waals surface area contributed by atoms with Crippen molar-refractivity contribution in [2.24, 2.45) is 0 Å². The SMILES string of the molecule is CC(O)CC#Cc1c(C#N)ncn1[C@@H]1O[C@H](CO)[C@@H](O)[C@H]1O. The fourth-order valence-corrected chi connectivity index (χ4v) is 2.15. The van der Waals surface area contributed by atoms with E-state index in [1.54, 1.807) is 6.92 Å². The molecule has 1 aromatic rings. The van der Waals surface area contributed by atoms with Crippen LogP contribution < -0.4 is 0 Å². The molecule has 118 valence electrons. The lowest BCUT2D eigenvalue weighted by Crippen LogP contribution is -2.33. The first-order valence-corrected chi connectivity index (χ1v) is 6.76. The van der Waals surface area contributed by atoms with Gasteiger partial charge in [-0.3, -0.25) is 4.57 Å². The number of rotatable bonds is 3. The summed E-state index contributed by atoms with van der Waals surface area (Å²) in [6.45, 7) is 1.14. The van der Waals surface area contributed by atoms with Gasteiger partial charge in [-0.2, -0.15) is 5.26 Å². The zero-order valence-corrected chi connectivity index (χ0v) is 11.9. The van der Waals surface area contributed by atoms with Crippen molar-refractivity contribution in [3.63, 3.8) is 0 Å². The summed E-state index contributed by atoms with van der Waals surface area (Å²) in [7, 11) is 0. The maximum Gasteiger partial charge on any atom is 0.174 e. The van der Waals surface area contributed by atoms with Crippen molar-refractivity contribution in [2.75, 3.05) is 6.61 Å². The molecule has 2 heterocycles. The lowest BCUT2D eigenvalue weighted by Gasteiger charge is -2.17. The predicted octanol–water partition coefficient (Wildman–Crippen LogP) is -1.51. The number of aliphatic hydroxyl groups is 4. The Balaban J connectivity index is 2.34. The Morgan fingerprint density at radius 3 is 2.73 bits per heavy atom. The third-order valence-electron chi connectivity index (χ3n) is 3.30. The summed E-state index contributed by atoms with van der Waals surface area (Å²) in [4.78, 5) is 3.89. The molecule has 1 saturated heterocycles. The summed E-state index contributed by atoms with van der Waals surface area (Å²) < 4.78 is 6.74. The van der Waals surface area contributed by atoms with Gasteiger partial charge < -0.3 is 25.2 Å². The number of nitrogens with zero attached hydrogens (tertiary/aromatic N) is 3. The molecule has 22 heavy (non-hydrogen) atoms. The number of imidazole rings is 1. The first-order chi connectivity index (χ1) is 10.5. The van der Waals surface area contributed by atoms with Gasteiger partial charge in [-0.25, -0.2) is 4.98 Å². The monoisotopic (exact) mass is 307 g/mol. The second kappa shape index (κ2) is 6.88. The van der Waals surface area contributed by atoms with Crippen molar-refractivity contribution in [1.29, 1.82) is 5.26 Å². The van der Waals surface area contributed by atoms with Crippen molar-refractivity contribution in [1.82, 2.24) is 9.55 Å². The standard InChI is InChI=1S/C14H17N3O5/c1-8(19)3-2-4-10-9(5-15)16-7-17(10)14-13(21)12(20)11(6-18)22-14/h7-8,11-14,18-21H,3,6H2,1H3/t8?,11-,12-,13-,14-/m1/s1. The van der Waals surface area contributed by atoms with Gasteiger partial charge in [0.05, 0.1) is 19.0 Å². The lowest BCUT2D eigenvalue weighted by atomic mass is 10.1. The van der Waals surface area contributed by atoms with Crippen molar-refractivity contribution in [3.8, 4) is 17.9 Å². The van der Waals surface area contributed by atoms with Gasteiger partial charge in [0, 0.05) is 6.42 Å². The van der Waals surface area contributed by atoms with Crippen molar-refractivity contribution < 1.29 is 25.2 Å². The molecule has 1 aliphatic heterocycles. The Hall–Kier alpha value is -1.94. The van der Waals surface area contributed by atoms with E-state index in [9.17, 15) is 15.3 Å². The molecule has 8 heteroatoms. The van der Waals surface area contributed by atoms with Gasteiger partial charge in [0.15, 0.2) is 11.9 Å². The largest absolute Gasteiger partial charge is 0.394 e. The van der Waals surface area contributed by atoms with Crippen LogP contribution in [0.25, 0.3) is 0 Å². The molecule has 1 aromatic heterocycles. The first-order valence-electron chi connectivity index (χ1n) is 6.76. The first kappa shape index (κ1) is 16.4. The van der Waals surface area contributed by atoms with E-state index in [2.05, 4.69) is 16.8 Å². The van der Waals surface area contributed by atoms with Crippen molar-refractivity contribution in [2.45, 2.75) is 44.0 Å². The van der Waals surface area contributed by atoms with Crippen molar-refractivity contribution >= 4 is 0 Å². The van der Waals surface area contributed by atoms with Gasteiger partial charge in [0.2, 0.25) is 0 Å². The molecule has 0 bridgehead atoms. The molecule has 0 saturated carbocycles. The third-order valence-corrected chi connectivity index (χ3v) is 3.30. The molecule has 1 fully saturated rings. The summed E-state index contributed by atoms with van der Waals surface area (Å²) in [5.74, 6) is 5.44. The van der Waals surface area contributed by atoms with E-state index >= 15 is 0 Å². The average molecular weight is 307 g/mol. The van der Waals surface area contributed by atoms with E-state index < -0.39 is 37.3 Å². The van der Waals surface area contributed by atoms with E-state index in [4.69, 9.17) is 15.1 Å². The van der Waals surface area contributed by atoms with Gasteiger partial charge in [-0.1, -0.05) is 5.92 Å². The van der Waals surface area contributed by atoms with Gasteiger partial charge in [0.25, 0.3) is 0 Å². The van der Waals surface area contributed by atoms with E-state index in [1.807, 2.05) is 6.07 Å². The molecule has 0 amide bonds. The molecule has 0 radical (unpaired) electrons. The summed E-state index contributed by atoms with van der Waals surface area (Å²) >= 11 is 0. The minimum atomic E-state index is -1.28. The summed E-state index contributed by atoms with van der Waals surface area (Å²) in [5, 5.41) is 47.2. The third kappa shape index (κ3) is 3.12. The number of aromatic nitrogens is 2. The van der Waals surface area contributed by atoms with E-state index in [0.717, 1.165) is 0 Å². The normalized spacial score (nSPS) is 28.7. The van der Waals surface area contributed by atoms with Crippen LogP contribution in [-0.2, 0) is 4.74 Å². The molecule has 0 spiro atoms. The summed E-state index contributed by atoms with van der Waals surface area (Å²) in [5.41, 5.74) is 0.272. The molecular weight excluding hydrogens is 290 g/mol. The maximum absolute atomic E-state index is 10.0. The zero-order chi connectivity index (χ0) is 16.3. The molecule has 1 aliphatic rings. The quantitative estimate of drug-likeness (QED) is 0.499. The molecule has 8 nitrogen and oxygen atoms in total. The van der Waals surface area contributed by atoms with E-state index in [-0.39, 0.29) is 17.8 Å². The van der Waals surface area contributed by atoms with Gasteiger partial charge >= 0.3 is 0 Å². The molecular formula is C14H17N3O5. The van der Waals surface area contributed by atoms with Crippen LogP contribution in [-0.4, -0.2) is 61.0 Å². The van der Waals surface area contributed by atoms with Crippen LogP contribution in [0.5, 0.6) is 0 Å². The summed E-state index contributed by atoms with van der Waals surface area (Å²) in [6, 6.07) is 1.88. The number of aliphatic hydroxyl groups excluding tert-OH is 4. The lowest BCUT2D eigenvalue weighted by molar-refractivity contribution is -0.0531. The molecule has 0 aliphatic carbocycles. The van der Waals surface area contributed by atoms with Crippen LogP contribution >= 0.6 is 0 Å². The fourth-order valence-electron chi connectivity index (χ4n) is 2.15. The Morgan fingerprint density at radius 2 is 2.18 bits per heavy atom. The highest BCUT2D eigenvalue weighted by Crippen LogP contribution is 2.30. The van der Waals surface area contributed by atoms with E-state index in [0.29, 0.717) is 0 Å². The second-order valence-electron chi connectivity index (χ2n) is 5.04. The maximum atomic E-state index is 10.0. The van der Waals surface area contributed by atoms with Crippen LogP contribution in [0.4, 0.5) is 0 Å². The van der Waals surface area contributed by atoms with Gasteiger partial charge in [-0.05, 0) is 12.8 Å². The number of hydrogen-bond donors (Lipinski definition) is 4. The van der Waals surface area contributed by atoms with Crippen LogP contribution in [0.2, 0.25) is 0 Å². The molecule has 1 unspecified atom stereocenters. The van der Waals surface area contributed by atoms with Gasteiger partial charge in [-0.15, -0.1) is 0 Å². The second-order valence-corrected chi connectivity index (χ2v) is 5.04. The Bertz CT molecular complexity index is 625. The predicted molar refractivity (Wildman–Crippen MR) is 73.1 cm³/mol. The highest BCUT2D eigenvalue weighted by atomic mass is 16.6. The Morgan fingerprint density at radius 1 is 1.45 bits per heavy atom. The summed E-state index contributed by atoms with van der Waals surface area (Å²) in [6.07, 6.45) is -3.57. The molecule has 2 rings (SSSR count). The Labute approximate surface area is 127 Å². The number of ether oxygens (including phenoxy) is 1. The van der Waals surface area contributed by atoms with Crippen LogP contribution in [0, 0.1) is 23.2 Å². The zero-order valence-electron chi connectivity index (χ0n) is 11.9. The number of nitriles is 1. The minimum Gasteiger partial charge on any atom is -0.394 e. The Kier molecular flexibility index (Phi) is 5.14. The molecule has 5 atom stereocenters. The smallest absolute Gasteiger partial charge is 0.174 e.